The van der Waals surface area contributed by atoms with E-state index in [1.165, 1.54) is 12.1 Å². The standard InChI is InChI=1S/C37H35F3N2O5S/c1-36(2,3)29-17-15-25(16-18-29)31(21-24-11-13-26(14-12-24)35(43)41-19-20-48(44,45)46)33-23-34(47-42-33)28-8-6-7-27(22-28)30-9-4-5-10-32(30)37(38,39)40/h4-18,22-23,31H,19-21H2,1-3H3,(H,41,43)(H,44,45,46). The summed E-state index contributed by atoms with van der Waals surface area (Å²) in [5.41, 5.74) is 4.25. The molecule has 1 heterocycles. The monoisotopic (exact) mass is 676 g/mol. The second-order valence-electron chi connectivity index (χ2n) is 12.6. The van der Waals surface area contributed by atoms with E-state index < -0.39 is 33.5 Å². The summed E-state index contributed by atoms with van der Waals surface area (Å²) in [7, 11) is -4.19. The van der Waals surface area contributed by atoms with Crippen molar-refractivity contribution in [3.05, 3.63) is 137 Å². The number of nitrogens with one attached hydrogen (secondary N) is 1. The Kier molecular flexibility index (Phi) is 9.93. The molecule has 0 spiro atoms. The zero-order valence-electron chi connectivity index (χ0n) is 26.6. The fraction of sp³-hybridized carbons (Fsp3) is 0.243. The Morgan fingerprint density at radius 3 is 2.19 bits per heavy atom. The average molecular weight is 677 g/mol. The summed E-state index contributed by atoms with van der Waals surface area (Å²) in [4.78, 5) is 12.5. The lowest BCUT2D eigenvalue weighted by atomic mass is 9.83. The molecule has 0 aliphatic carbocycles. The normalized spacial score (nSPS) is 12.9. The highest BCUT2D eigenvalue weighted by Gasteiger charge is 2.33. The molecule has 2 N–H and O–H groups in total. The van der Waals surface area contributed by atoms with E-state index in [4.69, 9.17) is 9.08 Å². The number of alkyl halides is 3. The lowest BCUT2D eigenvalue weighted by Crippen LogP contribution is -2.28. The van der Waals surface area contributed by atoms with Gasteiger partial charge in [0.1, 0.15) is 0 Å². The van der Waals surface area contributed by atoms with Crippen LogP contribution in [0.2, 0.25) is 0 Å². The minimum absolute atomic E-state index is 0.0530. The van der Waals surface area contributed by atoms with E-state index in [0.29, 0.717) is 34.6 Å². The molecule has 1 unspecified atom stereocenters. The van der Waals surface area contributed by atoms with E-state index in [2.05, 4.69) is 43.4 Å². The number of hydrogen-bond donors (Lipinski definition) is 2. The molecule has 0 aliphatic rings. The van der Waals surface area contributed by atoms with Crippen molar-refractivity contribution in [2.75, 3.05) is 12.3 Å². The number of hydrogen-bond acceptors (Lipinski definition) is 5. The van der Waals surface area contributed by atoms with Crippen LogP contribution in [0.3, 0.4) is 0 Å². The van der Waals surface area contributed by atoms with Crippen molar-refractivity contribution in [1.29, 1.82) is 0 Å². The molecule has 0 radical (unpaired) electrons. The van der Waals surface area contributed by atoms with Gasteiger partial charge in [-0.15, -0.1) is 0 Å². The summed E-state index contributed by atoms with van der Waals surface area (Å²) in [6.07, 6.45) is -4.02. The van der Waals surface area contributed by atoms with Gasteiger partial charge in [0.15, 0.2) is 5.76 Å². The smallest absolute Gasteiger partial charge is 0.356 e. The molecule has 1 atom stereocenters. The number of aromatic nitrogens is 1. The average Bonchev–Trinajstić information content (AvgIpc) is 3.53. The molecular formula is C37H35F3N2O5S. The van der Waals surface area contributed by atoms with Gasteiger partial charge in [0.25, 0.3) is 16.0 Å². The fourth-order valence-electron chi connectivity index (χ4n) is 5.44. The lowest BCUT2D eigenvalue weighted by Gasteiger charge is -2.21. The van der Waals surface area contributed by atoms with Crippen molar-refractivity contribution in [2.45, 2.75) is 44.7 Å². The van der Waals surface area contributed by atoms with E-state index in [1.54, 1.807) is 60.7 Å². The van der Waals surface area contributed by atoms with Crippen LogP contribution in [0.15, 0.2) is 108 Å². The molecular weight excluding hydrogens is 641 g/mol. The van der Waals surface area contributed by atoms with Gasteiger partial charge in [-0.3, -0.25) is 9.35 Å². The van der Waals surface area contributed by atoms with Crippen LogP contribution >= 0.6 is 0 Å². The molecule has 4 aromatic carbocycles. The molecule has 11 heteroatoms. The molecule has 1 aromatic heterocycles. The predicted molar refractivity (Wildman–Crippen MR) is 178 cm³/mol. The first-order valence-electron chi connectivity index (χ1n) is 15.2. The van der Waals surface area contributed by atoms with Gasteiger partial charge >= 0.3 is 6.18 Å². The first-order valence-corrected chi connectivity index (χ1v) is 16.9. The third kappa shape index (κ3) is 8.59. The molecule has 1 amide bonds. The van der Waals surface area contributed by atoms with Crippen molar-refractivity contribution >= 4 is 16.0 Å². The maximum absolute atomic E-state index is 13.8. The molecule has 250 valence electrons. The van der Waals surface area contributed by atoms with E-state index >= 15 is 0 Å². The molecule has 0 bridgehead atoms. The molecule has 5 aromatic rings. The van der Waals surface area contributed by atoms with E-state index in [-0.39, 0.29) is 23.4 Å². The van der Waals surface area contributed by atoms with Crippen LogP contribution in [-0.2, 0) is 28.1 Å². The molecule has 7 nitrogen and oxygen atoms in total. The molecule has 5 rings (SSSR count). The fourth-order valence-corrected chi connectivity index (χ4v) is 5.80. The van der Waals surface area contributed by atoms with Gasteiger partial charge in [-0.05, 0) is 63.9 Å². The van der Waals surface area contributed by atoms with Crippen LogP contribution in [0.25, 0.3) is 22.5 Å². The van der Waals surface area contributed by atoms with Crippen LogP contribution in [0, 0.1) is 0 Å². The van der Waals surface area contributed by atoms with Crippen LogP contribution in [0.5, 0.6) is 0 Å². The maximum atomic E-state index is 13.8. The Hall–Kier alpha value is -4.74. The van der Waals surface area contributed by atoms with Gasteiger partial charge in [0.2, 0.25) is 0 Å². The number of nitrogens with zero attached hydrogens (tertiary/aromatic N) is 1. The van der Waals surface area contributed by atoms with Gasteiger partial charge < -0.3 is 9.84 Å². The van der Waals surface area contributed by atoms with Gasteiger partial charge in [-0.25, -0.2) is 0 Å². The van der Waals surface area contributed by atoms with Crippen LogP contribution < -0.4 is 5.32 Å². The third-order valence-corrected chi connectivity index (χ3v) is 8.78. The summed E-state index contributed by atoms with van der Waals surface area (Å²) < 4.78 is 77.8. The summed E-state index contributed by atoms with van der Waals surface area (Å²) in [6, 6.07) is 29.1. The predicted octanol–water partition coefficient (Wildman–Crippen LogP) is 8.32. The Labute approximate surface area is 277 Å². The number of amides is 1. The SMILES string of the molecule is CC(C)(C)c1ccc(C(Cc2ccc(C(=O)NCCS(=O)(=O)O)cc2)c2cc(-c3cccc(-c4ccccc4C(F)(F)F)c3)on2)cc1. The first-order chi connectivity index (χ1) is 22.6. The Morgan fingerprint density at radius 1 is 0.875 bits per heavy atom. The van der Waals surface area contributed by atoms with Gasteiger partial charge in [0.05, 0.1) is 17.0 Å². The highest BCUT2D eigenvalue weighted by atomic mass is 32.2. The summed E-state index contributed by atoms with van der Waals surface area (Å²) >= 11 is 0. The topological polar surface area (TPSA) is 110 Å². The minimum atomic E-state index is -4.51. The molecule has 0 aliphatic heterocycles. The highest BCUT2D eigenvalue weighted by molar-refractivity contribution is 7.85. The summed E-state index contributed by atoms with van der Waals surface area (Å²) in [6.45, 7) is 6.17. The molecule has 0 saturated carbocycles. The maximum Gasteiger partial charge on any atom is 0.417 e. The quantitative estimate of drug-likeness (QED) is 0.144. The second-order valence-corrected chi connectivity index (χ2v) is 14.2. The summed E-state index contributed by atoms with van der Waals surface area (Å²) in [5.74, 6) is -0.914. The van der Waals surface area contributed by atoms with Crippen molar-refractivity contribution in [1.82, 2.24) is 10.5 Å². The first kappa shape index (κ1) is 34.6. The Bertz CT molecular complexity index is 2000. The number of rotatable bonds is 10. The van der Waals surface area contributed by atoms with E-state index in [1.807, 2.05) is 12.1 Å². The van der Waals surface area contributed by atoms with Crippen molar-refractivity contribution < 1.29 is 35.5 Å². The number of halogens is 3. The highest BCUT2D eigenvalue weighted by Crippen LogP contribution is 2.39. The number of carbonyl (C=O) groups is 1. The number of benzene rings is 4. The van der Waals surface area contributed by atoms with Gasteiger partial charge in [-0.1, -0.05) is 98.7 Å². The van der Waals surface area contributed by atoms with E-state index in [9.17, 15) is 26.4 Å². The second kappa shape index (κ2) is 13.8. The third-order valence-electron chi connectivity index (χ3n) is 8.06. The zero-order valence-corrected chi connectivity index (χ0v) is 27.4. The lowest BCUT2D eigenvalue weighted by molar-refractivity contribution is -0.137. The largest absolute Gasteiger partial charge is 0.417 e. The van der Waals surface area contributed by atoms with Crippen molar-refractivity contribution in [2.24, 2.45) is 0 Å². The zero-order chi connectivity index (χ0) is 34.7. The van der Waals surface area contributed by atoms with Gasteiger partial charge in [0, 0.05) is 29.7 Å². The Morgan fingerprint density at radius 2 is 1.54 bits per heavy atom. The van der Waals surface area contributed by atoms with E-state index in [0.717, 1.165) is 22.8 Å². The minimum Gasteiger partial charge on any atom is -0.356 e. The van der Waals surface area contributed by atoms with Crippen LogP contribution in [-0.4, -0.2) is 36.3 Å². The van der Waals surface area contributed by atoms with Gasteiger partial charge in [-0.2, -0.15) is 21.6 Å². The van der Waals surface area contributed by atoms with Crippen LogP contribution in [0.1, 0.15) is 65.0 Å². The van der Waals surface area contributed by atoms with Crippen molar-refractivity contribution in [3.8, 4) is 22.5 Å². The molecule has 48 heavy (non-hydrogen) atoms. The Balaban J connectivity index is 1.44. The summed E-state index contributed by atoms with van der Waals surface area (Å²) in [5, 5.41) is 6.88. The number of carbonyl (C=O) groups excluding carboxylic acids is 1. The molecule has 0 fully saturated rings. The van der Waals surface area contributed by atoms with Crippen LogP contribution in [0.4, 0.5) is 13.2 Å². The molecule has 0 saturated heterocycles. The van der Waals surface area contributed by atoms with Crippen molar-refractivity contribution in [3.63, 3.8) is 0 Å².